The van der Waals surface area contributed by atoms with Crippen LogP contribution < -0.4 is 10.1 Å². The van der Waals surface area contributed by atoms with Gasteiger partial charge in [0.05, 0.1) is 12.8 Å². The van der Waals surface area contributed by atoms with Crippen molar-refractivity contribution < 1.29 is 18.7 Å². The van der Waals surface area contributed by atoms with Crippen molar-refractivity contribution in [1.82, 2.24) is 9.97 Å². The van der Waals surface area contributed by atoms with Gasteiger partial charge in [-0.3, -0.25) is 0 Å². The van der Waals surface area contributed by atoms with E-state index in [1.165, 1.54) is 0 Å². The highest BCUT2D eigenvalue weighted by Crippen LogP contribution is 2.26. The van der Waals surface area contributed by atoms with Crippen molar-refractivity contribution in [2.24, 2.45) is 0 Å². The molecule has 0 aliphatic rings. The van der Waals surface area contributed by atoms with Crippen LogP contribution >= 0.6 is 8.25 Å². The zero-order chi connectivity index (χ0) is 16.9. The quantitative estimate of drug-likeness (QED) is 0.661. The maximum Gasteiger partial charge on any atom is 0.695 e. The fourth-order valence-electron chi connectivity index (χ4n) is 2.20. The minimum Gasteiger partial charge on any atom is -0.481 e. The van der Waals surface area contributed by atoms with Gasteiger partial charge in [-0.1, -0.05) is 12.1 Å². The van der Waals surface area contributed by atoms with Crippen molar-refractivity contribution in [3.63, 3.8) is 0 Å². The Morgan fingerprint density at radius 2 is 1.96 bits per heavy atom. The Labute approximate surface area is 139 Å². The molecule has 0 bridgehead atoms. The van der Waals surface area contributed by atoms with Crippen molar-refractivity contribution in [1.29, 1.82) is 0 Å². The Morgan fingerprint density at radius 1 is 1.17 bits per heavy atom. The summed E-state index contributed by atoms with van der Waals surface area (Å²) in [6.07, 6.45) is 1.68. The van der Waals surface area contributed by atoms with Crippen LogP contribution in [0.25, 0.3) is 11.0 Å². The fraction of sp³-hybridized carbons (Fsp3) is 0.125. The average molecular weight is 344 g/mol. The number of ether oxygens (including phenoxy) is 1. The van der Waals surface area contributed by atoms with E-state index in [0.29, 0.717) is 11.5 Å². The third-order valence-corrected chi connectivity index (χ3v) is 3.71. The molecule has 2 heterocycles. The fourth-order valence-corrected chi connectivity index (χ4v) is 2.46. The zero-order valence-electron chi connectivity index (χ0n) is 12.8. The number of nitrogens with one attached hydrogen (secondary N) is 1. The molecule has 1 atom stereocenters. The third kappa shape index (κ3) is 3.83. The van der Waals surface area contributed by atoms with E-state index in [1.54, 1.807) is 19.4 Å². The van der Waals surface area contributed by atoms with Gasteiger partial charge in [-0.2, -0.15) is 4.98 Å². The first-order chi connectivity index (χ1) is 11.7. The van der Waals surface area contributed by atoms with Crippen molar-refractivity contribution in [2.75, 3.05) is 12.4 Å². The lowest BCUT2D eigenvalue weighted by molar-refractivity contribution is 0.272. The van der Waals surface area contributed by atoms with E-state index in [4.69, 9.17) is 9.63 Å². The largest absolute Gasteiger partial charge is 0.695 e. The lowest BCUT2D eigenvalue weighted by Gasteiger charge is -2.10. The Bertz CT molecular complexity index is 871. The molecule has 24 heavy (non-hydrogen) atoms. The summed E-state index contributed by atoms with van der Waals surface area (Å²) in [7, 11) is -1.02. The average Bonchev–Trinajstić information content (AvgIpc) is 2.61. The van der Waals surface area contributed by atoms with Gasteiger partial charge >= 0.3 is 8.25 Å². The second-order valence-electron chi connectivity index (χ2n) is 4.92. The number of pyridine rings is 2. The van der Waals surface area contributed by atoms with Crippen molar-refractivity contribution in [3.05, 3.63) is 54.2 Å². The number of hydrogen-bond acceptors (Lipinski definition) is 6. The Hall–Kier alpha value is -2.60. The van der Waals surface area contributed by atoms with E-state index in [0.717, 1.165) is 22.3 Å². The second-order valence-corrected chi connectivity index (χ2v) is 5.65. The van der Waals surface area contributed by atoms with Gasteiger partial charge in [0.25, 0.3) is 0 Å². The number of benzene rings is 1. The minimum atomic E-state index is -2.59. The SMILES string of the molecule is COc1ccc2c(Nc3ccc(CO[P+](=O)O)cc3)ccnc2n1. The van der Waals surface area contributed by atoms with Crippen LogP contribution in [0.1, 0.15) is 5.56 Å². The monoisotopic (exact) mass is 344 g/mol. The molecular weight excluding hydrogens is 329 g/mol. The summed E-state index contributed by atoms with van der Waals surface area (Å²) in [6, 6.07) is 12.9. The van der Waals surface area contributed by atoms with Crippen molar-refractivity contribution in [3.8, 4) is 5.88 Å². The molecule has 3 aromatic rings. The predicted octanol–water partition coefficient (Wildman–Crippen LogP) is 3.55. The molecule has 7 nitrogen and oxygen atoms in total. The maximum atomic E-state index is 10.5. The van der Waals surface area contributed by atoms with Crippen LogP contribution in [-0.4, -0.2) is 22.0 Å². The van der Waals surface area contributed by atoms with Gasteiger partial charge in [-0.15, -0.1) is 9.42 Å². The van der Waals surface area contributed by atoms with Crippen LogP contribution in [0, 0.1) is 0 Å². The lowest BCUT2D eigenvalue weighted by Crippen LogP contribution is -1.95. The van der Waals surface area contributed by atoms with E-state index >= 15 is 0 Å². The summed E-state index contributed by atoms with van der Waals surface area (Å²) in [5.41, 5.74) is 3.15. The van der Waals surface area contributed by atoms with Crippen LogP contribution in [0.5, 0.6) is 5.88 Å². The van der Waals surface area contributed by atoms with Gasteiger partial charge in [0.1, 0.15) is 6.61 Å². The lowest BCUT2D eigenvalue weighted by atomic mass is 10.2. The number of hydrogen-bond donors (Lipinski definition) is 2. The number of methoxy groups -OCH3 is 1. The molecule has 8 heteroatoms. The summed E-state index contributed by atoms with van der Waals surface area (Å²) < 4.78 is 20.3. The van der Waals surface area contributed by atoms with Crippen LogP contribution in [0.2, 0.25) is 0 Å². The number of fused-ring (bicyclic) bond motifs is 1. The summed E-state index contributed by atoms with van der Waals surface area (Å²) in [5.74, 6) is 0.513. The molecule has 0 spiro atoms. The molecule has 0 saturated carbocycles. The van der Waals surface area contributed by atoms with Gasteiger partial charge in [-0.25, -0.2) is 4.98 Å². The number of nitrogens with zero attached hydrogens (tertiary/aromatic N) is 2. The normalized spacial score (nSPS) is 11.3. The maximum absolute atomic E-state index is 10.5. The van der Waals surface area contributed by atoms with Crippen molar-refractivity contribution >= 4 is 30.7 Å². The van der Waals surface area contributed by atoms with E-state index in [2.05, 4.69) is 19.8 Å². The molecule has 0 saturated heterocycles. The second kappa shape index (κ2) is 7.31. The molecule has 0 radical (unpaired) electrons. The highest BCUT2D eigenvalue weighted by molar-refractivity contribution is 7.32. The molecule has 122 valence electrons. The molecule has 2 aromatic heterocycles. The van der Waals surface area contributed by atoms with E-state index < -0.39 is 8.25 Å². The summed E-state index contributed by atoms with van der Waals surface area (Å²) >= 11 is 0. The highest BCUT2D eigenvalue weighted by Gasteiger charge is 2.11. The van der Waals surface area contributed by atoms with Crippen LogP contribution in [0.3, 0.4) is 0 Å². The third-order valence-electron chi connectivity index (χ3n) is 3.36. The van der Waals surface area contributed by atoms with Crippen LogP contribution in [0.4, 0.5) is 11.4 Å². The first-order valence-corrected chi connectivity index (χ1v) is 8.23. The molecule has 0 aliphatic heterocycles. The molecule has 0 amide bonds. The topological polar surface area (TPSA) is 93.6 Å². The number of anilines is 2. The first-order valence-electron chi connectivity index (χ1n) is 7.10. The summed E-state index contributed by atoms with van der Waals surface area (Å²) in [5, 5.41) is 4.19. The van der Waals surface area contributed by atoms with Gasteiger partial charge in [0.15, 0.2) is 5.65 Å². The Morgan fingerprint density at radius 3 is 2.67 bits per heavy atom. The van der Waals surface area contributed by atoms with E-state index in [1.807, 2.05) is 36.4 Å². The first kappa shape index (κ1) is 16.3. The molecule has 1 unspecified atom stereocenters. The molecule has 3 rings (SSSR count). The highest BCUT2D eigenvalue weighted by atomic mass is 31.1. The standard InChI is InChI=1S/C16H14N3O4P/c1-22-15-7-6-13-14(8-9-17-16(13)19-15)18-12-4-2-11(3-5-12)10-23-24(20)21/h2-9H,10H2,1H3,(H-,17,18,19,20,21)/p+1. The van der Waals surface area contributed by atoms with Gasteiger partial charge in [-0.05, 0) is 29.8 Å². The van der Waals surface area contributed by atoms with Gasteiger partial charge in [0, 0.05) is 27.9 Å². The minimum absolute atomic E-state index is 0.0912. The number of rotatable bonds is 6. The molecule has 2 N–H and O–H groups in total. The van der Waals surface area contributed by atoms with Crippen LogP contribution in [0.15, 0.2) is 48.7 Å². The van der Waals surface area contributed by atoms with E-state index in [9.17, 15) is 4.57 Å². The molecule has 0 fully saturated rings. The van der Waals surface area contributed by atoms with Gasteiger partial charge < -0.3 is 10.1 Å². The van der Waals surface area contributed by atoms with E-state index in [-0.39, 0.29) is 6.61 Å². The summed E-state index contributed by atoms with van der Waals surface area (Å²) in [6.45, 7) is 0.0912. The Balaban J connectivity index is 1.80. The molecule has 0 aliphatic carbocycles. The van der Waals surface area contributed by atoms with Gasteiger partial charge in [0.2, 0.25) is 5.88 Å². The van der Waals surface area contributed by atoms with Crippen molar-refractivity contribution in [2.45, 2.75) is 6.61 Å². The number of aromatic nitrogens is 2. The molecular formula is C16H15N3O4P+. The zero-order valence-corrected chi connectivity index (χ0v) is 13.7. The Kier molecular flexibility index (Phi) is 4.96. The smallest absolute Gasteiger partial charge is 0.481 e. The predicted molar refractivity (Wildman–Crippen MR) is 90.4 cm³/mol. The molecule has 1 aromatic carbocycles. The van der Waals surface area contributed by atoms with Crippen LogP contribution in [-0.2, 0) is 15.7 Å². The summed E-state index contributed by atoms with van der Waals surface area (Å²) in [4.78, 5) is 17.2.